The van der Waals surface area contributed by atoms with Crippen LogP contribution in [0.25, 0.3) is 0 Å². The van der Waals surface area contributed by atoms with E-state index < -0.39 is 35.7 Å². The maximum Gasteiger partial charge on any atom is 0.487 e. The molecule has 0 aromatic carbocycles. The summed E-state index contributed by atoms with van der Waals surface area (Å²) >= 11 is 0. The molecule has 0 aliphatic heterocycles. The molecule has 0 aromatic rings. The van der Waals surface area contributed by atoms with Crippen molar-refractivity contribution < 1.29 is 50.2 Å². The van der Waals surface area contributed by atoms with Gasteiger partial charge in [0.25, 0.3) is 0 Å². The quantitative estimate of drug-likeness (QED) is 0.167. The van der Waals surface area contributed by atoms with Crippen LogP contribution in [0.15, 0.2) is 0 Å². The molecule has 15 heteroatoms. The highest BCUT2D eigenvalue weighted by atomic mass is 28.5. The Bertz CT molecular complexity index is 360. The molecular weight excluding hydrogens is 468 g/mol. The normalized spacial score (nSPS) is 17.9. The highest BCUT2D eigenvalue weighted by Crippen LogP contribution is 2.26. The van der Waals surface area contributed by atoms with Crippen LogP contribution in [-0.2, 0) is 30.4 Å². The van der Waals surface area contributed by atoms with Gasteiger partial charge in [0.2, 0.25) is 0 Å². The number of hydrogen-bond acceptors (Lipinski definition) is 11. The molecule has 0 aliphatic rings. The average molecular weight is 513 g/mol. The second-order valence-corrected chi connectivity index (χ2v) is 16.3. The van der Waals surface area contributed by atoms with Gasteiger partial charge in [0.15, 0.2) is 0 Å². The van der Waals surface area contributed by atoms with E-state index in [1.165, 1.54) is 34.4 Å². The molecule has 0 amide bonds. The summed E-state index contributed by atoms with van der Waals surface area (Å²) in [5, 5.41) is 15.8. The Hall–Kier alpha value is 0.428. The summed E-state index contributed by atoms with van der Waals surface area (Å²) in [6, 6.07) is 0.284. The molecule has 0 fully saturated rings. The van der Waals surface area contributed by atoms with Gasteiger partial charge in [0, 0.05) is 67.4 Å². The van der Waals surface area contributed by atoms with Crippen LogP contribution in [0.1, 0.15) is 26.7 Å². The molecular formula is C15H44O11Si4. The summed E-state index contributed by atoms with van der Waals surface area (Å²) in [5.41, 5.74) is 0. The van der Waals surface area contributed by atoms with Crippen molar-refractivity contribution in [3.05, 3.63) is 0 Å². The topological polar surface area (TPSA) is 146 Å². The Morgan fingerprint density at radius 3 is 1.63 bits per heavy atom. The van der Waals surface area contributed by atoms with Gasteiger partial charge >= 0.3 is 35.7 Å². The first-order valence-corrected chi connectivity index (χ1v) is 18.4. The lowest BCUT2D eigenvalue weighted by Gasteiger charge is -2.38. The van der Waals surface area contributed by atoms with Crippen molar-refractivity contribution in [3.63, 3.8) is 0 Å². The zero-order chi connectivity index (χ0) is 24.3. The SMILES string of the molecule is CC.CO.CO[SiH](C)O[Si](CCCOCCCO)(O[Si](C)(O)OC)O[Si](C)(O)OC. The van der Waals surface area contributed by atoms with E-state index in [-0.39, 0.29) is 12.7 Å². The molecule has 0 aliphatic carbocycles. The number of hydrogen-bond donors (Lipinski definition) is 4. The van der Waals surface area contributed by atoms with E-state index >= 15 is 0 Å². The fraction of sp³-hybridized carbons (Fsp3) is 1.00. The van der Waals surface area contributed by atoms with Crippen LogP contribution in [-0.4, -0.2) is 104 Å². The van der Waals surface area contributed by atoms with E-state index in [0.29, 0.717) is 26.1 Å². The van der Waals surface area contributed by atoms with E-state index in [1.807, 2.05) is 13.8 Å². The Balaban J connectivity index is -0.00000171. The minimum Gasteiger partial charge on any atom is -0.400 e. The van der Waals surface area contributed by atoms with Gasteiger partial charge in [-0.15, -0.1) is 0 Å². The molecule has 30 heavy (non-hydrogen) atoms. The van der Waals surface area contributed by atoms with Gasteiger partial charge in [-0.1, -0.05) is 13.8 Å². The highest BCUT2D eigenvalue weighted by Gasteiger charge is 2.54. The predicted molar refractivity (Wildman–Crippen MR) is 122 cm³/mol. The van der Waals surface area contributed by atoms with Gasteiger partial charge in [0.05, 0.1) is 0 Å². The molecule has 0 rings (SSSR count). The molecule has 0 aromatic heterocycles. The Morgan fingerprint density at radius 1 is 0.833 bits per heavy atom. The lowest BCUT2D eigenvalue weighted by atomic mass is 10.5. The van der Waals surface area contributed by atoms with Crippen LogP contribution in [0.5, 0.6) is 0 Å². The summed E-state index contributed by atoms with van der Waals surface area (Å²) < 4.78 is 38.5. The zero-order valence-corrected chi connectivity index (χ0v) is 24.1. The second kappa shape index (κ2) is 20.1. The predicted octanol–water partition coefficient (Wildman–Crippen LogP) is 0.310. The van der Waals surface area contributed by atoms with Gasteiger partial charge < -0.3 is 50.2 Å². The minimum absolute atomic E-state index is 0.0651. The summed E-state index contributed by atoms with van der Waals surface area (Å²) in [6.45, 7) is 9.57. The van der Waals surface area contributed by atoms with Crippen LogP contribution in [0, 0.1) is 0 Å². The number of rotatable bonds is 16. The van der Waals surface area contributed by atoms with E-state index in [4.69, 9.17) is 40.6 Å². The van der Waals surface area contributed by atoms with Crippen LogP contribution in [0.3, 0.4) is 0 Å². The monoisotopic (exact) mass is 512 g/mol. The summed E-state index contributed by atoms with van der Waals surface area (Å²) in [6.07, 6.45) is 1.06. The minimum atomic E-state index is -3.58. The third-order valence-corrected chi connectivity index (χ3v) is 14.8. The van der Waals surface area contributed by atoms with Crippen LogP contribution < -0.4 is 0 Å². The lowest BCUT2D eigenvalue weighted by Crippen LogP contribution is -2.62. The molecule has 0 radical (unpaired) electrons. The van der Waals surface area contributed by atoms with Gasteiger partial charge in [-0.3, -0.25) is 0 Å². The molecule has 0 saturated carbocycles. The second-order valence-electron chi connectivity index (χ2n) is 5.81. The number of aliphatic hydroxyl groups is 2. The Kier molecular flexibility index (Phi) is 23.4. The third kappa shape index (κ3) is 18.0. The standard InChI is InChI=1S/C12H34O10Si4.C2H6.CH4O/c1-16-23(4)20-26(21-24(5,14)17-2,22-25(6,15)18-3)12-8-11-19-10-7-9-13;2*1-2/h13-15,23H,7-12H2,1-6H3;1-2H3;2H,1H3. The van der Waals surface area contributed by atoms with Gasteiger partial charge in [-0.2, -0.15) is 0 Å². The molecule has 0 spiro atoms. The molecule has 3 atom stereocenters. The fourth-order valence-corrected chi connectivity index (χ4v) is 13.2. The molecule has 0 heterocycles. The summed E-state index contributed by atoms with van der Waals surface area (Å²) in [4.78, 5) is 20.7. The van der Waals surface area contributed by atoms with E-state index in [9.17, 15) is 9.59 Å². The third-order valence-electron chi connectivity index (χ3n) is 3.34. The number of ether oxygens (including phenoxy) is 1. The first-order valence-electron chi connectivity index (χ1n) is 9.84. The summed E-state index contributed by atoms with van der Waals surface area (Å²) in [5.74, 6) is 0. The first-order chi connectivity index (χ1) is 14.1. The van der Waals surface area contributed by atoms with Crippen LogP contribution >= 0.6 is 0 Å². The largest absolute Gasteiger partial charge is 0.487 e. The van der Waals surface area contributed by atoms with Gasteiger partial charge in [-0.05, 0) is 19.4 Å². The van der Waals surface area contributed by atoms with Crippen LogP contribution in [0.4, 0.5) is 0 Å². The van der Waals surface area contributed by atoms with Crippen molar-refractivity contribution in [1.82, 2.24) is 0 Å². The van der Waals surface area contributed by atoms with Gasteiger partial charge in [-0.25, -0.2) is 0 Å². The lowest BCUT2D eigenvalue weighted by molar-refractivity contribution is 0.0952. The molecule has 11 nitrogen and oxygen atoms in total. The van der Waals surface area contributed by atoms with E-state index in [1.54, 1.807) is 6.55 Å². The zero-order valence-electron chi connectivity index (χ0n) is 20.0. The van der Waals surface area contributed by atoms with Crippen molar-refractivity contribution >= 4 is 35.7 Å². The molecule has 0 bridgehead atoms. The van der Waals surface area contributed by atoms with E-state index in [0.717, 1.165) is 7.11 Å². The van der Waals surface area contributed by atoms with Crippen molar-refractivity contribution in [2.75, 3.05) is 48.3 Å². The smallest absolute Gasteiger partial charge is 0.400 e. The highest BCUT2D eigenvalue weighted by molar-refractivity contribution is 6.82. The first kappa shape index (κ1) is 35.0. The Morgan fingerprint density at radius 2 is 1.27 bits per heavy atom. The van der Waals surface area contributed by atoms with Crippen molar-refractivity contribution in [3.8, 4) is 0 Å². The molecule has 4 N–H and O–H groups in total. The number of aliphatic hydroxyl groups excluding tert-OH is 2. The maximum absolute atomic E-state index is 10.4. The fourth-order valence-electron chi connectivity index (χ4n) is 1.85. The molecule has 186 valence electrons. The van der Waals surface area contributed by atoms with Crippen molar-refractivity contribution in [2.24, 2.45) is 0 Å². The van der Waals surface area contributed by atoms with Crippen LogP contribution in [0.2, 0.25) is 25.7 Å². The Labute approximate surface area is 186 Å². The van der Waals surface area contributed by atoms with Crippen molar-refractivity contribution in [1.29, 1.82) is 0 Å². The molecule has 3 unspecified atom stereocenters. The summed E-state index contributed by atoms with van der Waals surface area (Å²) in [7, 11) is -7.56. The van der Waals surface area contributed by atoms with Gasteiger partial charge in [0.1, 0.15) is 0 Å². The van der Waals surface area contributed by atoms with Crippen molar-refractivity contribution in [2.45, 2.75) is 52.4 Å². The molecule has 0 saturated heterocycles. The maximum atomic E-state index is 10.4. The van der Waals surface area contributed by atoms with E-state index in [2.05, 4.69) is 0 Å². The average Bonchev–Trinajstić information content (AvgIpc) is 2.72.